The van der Waals surface area contributed by atoms with Crippen LogP contribution in [-0.4, -0.2) is 57.9 Å². The topological polar surface area (TPSA) is 79.5 Å². The number of thiophene rings is 1. The molecule has 0 bridgehead atoms. The number of nitrogens with zero attached hydrogens (tertiary/aromatic N) is 4. The quantitative estimate of drug-likeness (QED) is 0.457. The first kappa shape index (κ1) is 21.3. The molecule has 0 saturated carbocycles. The molecule has 168 valence electrons. The van der Waals surface area contributed by atoms with Crippen LogP contribution in [0.25, 0.3) is 21.7 Å². The predicted molar refractivity (Wildman–Crippen MR) is 122 cm³/mol. The van der Waals surface area contributed by atoms with Crippen LogP contribution in [0.1, 0.15) is 21.6 Å². The van der Waals surface area contributed by atoms with Gasteiger partial charge < -0.3 is 14.3 Å². The van der Waals surface area contributed by atoms with Gasteiger partial charge >= 0.3 is 0 Å². The molecule has 0 aliphatic carbocycles. The summed E-state index contributed by atoms with van der Waals surface area (Å²) in [6.07, 6.45) is 0.212. The number of hydrogen-bond donors (Lipinski definition) is 0. The van der Waals surface area contributed by atoms with E-state index in [1.165, 1.54) is 23.5 Å². The van der Waals surface area contributed by atoms with E-state index in [-0.39, 0.29) is 24.1 Å². The molecule has 5 rings (SSSR count). The van der Waals surface area contributed by atoms with E-state index in [0.717, 1.165) is 10.4 Å². The van der Waals surface area contributed by atoms with Gasteiger partial charge in [0, 0.05) is 26.2 Å². The van der Waals surface area contributed by atoms with E-state index in [2.05, 4.69) is 10.1 Å². The lowest BCUT2D eigenvalue weighted by molar-refractivity contribution is -0.131. The number of amides is 2. The fourth-order valence-electron chi connectivity index (χ4n) is 4.03. The molecule has 9 heteroatoms. The predicted octanol–water partition coefficient (Wildman–Crippen LogP) is 3.93. The number of fused-ring (bicyclic) bond motifs is 1. The maximum Gasteiger partial charge on any atom is 0.259 e. The minimum Gasteiger partial charge on any atom is -0.339 e. The molecule has 0 atom stereocenters. The van der Waals surface area contributed by atoms with Crippen molar-refractivity contribution in [3.05, 3.63) is 70.5 Å². The zero-order chi connectivity index (χ0) is 22.9. The van der Waals surface area contributed by atoms with Crippen LogP contribution in [-0.2, 0) is 11.2 Å². The number of hydrogen-bond acceptors (Lipinski definition) is 6. The number of rotatable bonds is 4. The Morgan fingerprint density at radius 1 is 1.09 bits per heavy atom. The van der Waals surface area contributed by atoms with Gasteiger partial charge in [-0.2, -0.15) is 0 Å². The summed E-state index contributed by atoms with van der Waals surface area (Å²) in [5.74, 6) is -0.485. The van der Waals surface area contributed by atoms with Crippen molar-refractivity contribution in [2.75, 3.05) is 26.2 Å². The van der Waals surface area contributed by atoms with Gasteiger partial charge in [0.25, 0.3) is 11.6 Å². The molecule has 0 N–H and O–H groups in total. The highest BCUT2D eigenvalue weighted by Gasteiger charge is 2.28. The SMILES string of the molecule is Cc1noc2nc(-c3cccs3)cc(C(=O)N3CCN(C(=O)Cc4ccc(F)cc4)CC3)c12. The van der Waals surface area contributed by atoms with E-state index >= 15 is 0 Å². The Bertz CT molecular complexity index is 1310. The van der Waals surface area contributed by atoms with E-state index in [1.54, 1.807) is 34.9 Å². The van der Waals surface area contributed by atoms with Gasteiger partial charge in [-0.1, -0.05) is 23.4 Å². The lowest BCUT2D eigenvalue weighted by Crippen LogP contribution is -2.51. The van der Waals surface area contributed by atoms with Crippen LogP contribution in [0.15, 0.2) is 52.4 Å². The fourth-order valence-corrected chi connectivity index (χ4v) is 4.72. The van der Waals surface area contributed by atoms with Crippen LogP contribution in [0.2, 0.25) is 0 Å². The number of piperazine rings is 1. The van der Waals surface area contributed by atoms with E-state index in [0.29, 0.717) is 54.2 Å². The van der Waals surface area contributed by atoms with Crippen LogP contribution >= 0.6 is 11.3 Å². The van der Waals surface area contributed by atoms with Gasteiger partial charge in [-0.25, -0.2) is 9.37 Å². The average molecular weight is 465 g/mol. The first-order valence-corrected chi connectivity index (χ1v) is 11.5. The molecule has 7 nitrogen and oxygen atoms in total. The summed E-state index contributed by atoms with van der Waals surface area (Å²) in [6.45, 7) is 3.54. The Labute approximate surface area is 193 Å². The zero-order valence-electron chi connectivity index (χ0n) is 18.0. The second-order valence-corrected chi connectivity index (χ2v) is 8.90. The molecule has 1 aliphatic rings. The summed E-state index contributed by atoms with van der Waals surface area (Å²) in [7, 11) is 0. The normalized spacial score (nSPS) is 14.1. The van der Waals surface area contributed by atoms with E-state index in [4.69, 9.17) is 4.52 Å². The van der Waals surface area contributed by atoms with Crippen molar-refractivity contribution < 1.29 is 18.5 Å². The molecule has 0 spiro atoms. The lowest BCUT2D eigenvalue weighted by atomic mass is 10.1. The van der Waals surface area contributed by atoms with Crippen LogP contribution in [0.3, 0.4) is 0 Å². The number of carbonyl (C=O) groups is 2. The molecular formula is C24H21FN4O3S. The fraction of sp³-hybridized carbons (Fsp3) is 0.250. The minimum atomic E-state index is -0.325. The summed E-state index contributed by atoms with van der Waals surface area (Å²) in [5, 5.41) is 6.58. The molecule has 0 unspecified atom stereocenters. The Balaban J connectivity index is 1.32. The highest BCUT2D eigenvalue weighted by atomic mass is 32.1. The van der Waals surface area contributed by atoms with Crippen molar-refractivity contribution >= 4 is 34.3 Å². The van der Waals surface area contributed by atoms with Crippen molar-refractivity contribution in [3.8, 4) is 10.6 Å². The molecule has 33 heavy (non-hydrogen) atoms. The van der Waals surface area contributed by atoms with Crippen molar-refractivity contribution in [2.24, 2.45) is 0 Å². The highest BCUT2D eigenvalue weighted by Crippen LogP contribution is 2.30. The highest BCUT2D eigenvalue weighted by molar-refractivity contribution is 7.13. The minimum absolute atomic E-state index is 0.0325. The molecule has 1 aromatic carbocycles. The van der Waals surface area contributed by atoms with Crippen LogP contribution in [0, 0.1) is 12.7 Å². The van der Waals surface area contributed by atoms with Gasteiger partial charge in [0.05, 0.1) is 33.6 Å². The van der Waals surface area contributed by atoms with E-state index < -0.39 is 0 Å². The second kappa shape index (κ2) is 8.74. The number of carbonyl (C=O) groups excluding carboxylic acids is 2. The summed E-state index contributed by atoms with van der Waals surface area (Å²) < 4.78 is 18.5. The van der Waals surface area contributed by atoms with Crippen molar-refractivity contribution in [1.82, 2.24) is 19.9 Å². The number of benzene rings is 1. The summed E-state index contributed by atoms with van der Waals surface area (Å²) >= 11 is 1.54. The lowest BCUT2D eigenvalue weighted by Gasteiger charge is -2.35. The number of halogens is 1. The Hall–Kier alpha value is -3.59. The Morgan fingerprint density at radius 2 is 1.82 bits per heavy atom. The van der Waals surface area contributed by atoms with Crippen LogP contribution in [0.4, 0.5) is 4.39 Å². The largest absolute Gasteiger partial charge is 0.339 e. The number of pyridine rings is 1. The molecular weight excluding hydrogens is 443 g/mol. The molecule has 1 fully saturated rings. The first-order valence-electron chi connectivity index (χ1n) is 10.6. The van der Waals surface area contributed by atoms with Gasteiger partial charge in [-0.15, -0.1) is 11.3 Å². The van der Waals surface area contributed by atoms with Crippen molar-refractivity contribution in [2.45, 2.75) is 13.3 Å². The van der Waals surface area contributed by atoms with Gasteiger partial charge in [-0.3, -0.25) is 9.59 Å². The molecule has 2 amide bonds. The third-order valence-electron chi connectivity index (χ3n) is 5.81. The Kier molecular flexibility index (Phi) is 5.63. The molecule has 4 aromatic rings. The zero-order valence-corrected chi connectivity index (χ0v) is 18.8. The maximum atomic E-state index is 13.5. The Morgan fingerprint density at radius 3 is 2.52 bits per heavy atom. The van der Waals surface area contributed by atoms with Gasteiger partial charge in [0.2, 0.25) is 5.91 Å². The smallest absolute Gasteiger partial charge is 0.259 e. The summed E-state index contributed by atoms with van der Waals surface area (Å²) in [4.78, 5) is 35.1. The standard InChI is InChI=1S/C24H21FN4O3S/c1-15-22-18(14-19(20-3-2-12-33-20)26-23(22)32-27-15)24(31)29-10-8-28(9-11-29)21(30)13-16-4-6-17(25)7-5-16/h2-7,12,14H,8-11,13H2,1H3. The number of aryl methyl sites for hydroxylation is 1. The van der Waals surface area contributed by atoms with Crippen LogP contribution in [0.5, 0.6) is 0 Å². The van der Waals surface area contributed by atoms with Crippen molar-refractivity contribution in [3.63, 3.8) is 0 Å². The molecule has 4 heterocycles. The second-order valence-electron chi connectivity index (χ2n) is 7.96. The van der Waals surface area contributed by atoms with E-state index in [1.807, 2.05) is 17.5 Å². The number of aromatic nitrogens is 2. The average Bonchev–Trinajstić information content (AvgIpc) is 3.50. The maximum absolute atomic E-state index is 13.5. The van der Waals surface area contributed by atoms with Crippen molar-refractivity contribution in [1.29, 1.82) is 0 Å². The molecule has 0 radical (unpaired) electrons. The molecule has 1 saturated heterocycles. The summed E-state index contributed by atoms with van der Waals surface area (Å²) in [6, 6.07) is 11.6. The molecule has 1 aliphatic heterocycles. The van der Waals surface area contributed by atoms with Gasteiger partial charge in [-0.05, 0) is 42.1 Å². The van der Waals surface area contributed by atoms with Gasteiger partial charge in [0.1, 0.15) is 5.82 Å². The molecule has 3 aromatic heterocycles. The van der Waals surface area contributed by atoms with Gasteiger partial charge in [0.15, 0.2) is 0 Å². The third kappa shape index (κ3) is 4.23. The summed E-state index contributed by atoms with van der Waals surface area (Å²) in [5.41, 5.74) is 2.91. The first-order chi connectivity index (χ1) is 16.0. The third-order valence-corrected chi connectivity index (χ3v) is 6.70. The van der Waals surface area contributed by atoms with E-state index in [9.17, 15) is 14.0 Å². The van der Waals surface area contributed by atoms with Crippen LogP contribution < -0.4 is 0 Å². The monoisotopic (exact) mass is 464 g/mol.